The van der Waals surface area contributed by atoms with E-state index in [1.54, 1.807) is 6.92 Å². The number of aliphatic carboxylic acids is 1. The number of carboxylic acid groups (broad SMARTS) is 1. The topological polar surface area (TPSA) is 61.8 Å². The first-order valence-corrected chi connectivity index (χ1v) is 7.59. The summed E-state index contributed by atoms with van der Waals surface area (Å²) in [6.07, 6.45) is 0.570. The standard InChI is InChI=1S/C15H32N2O3/c1-7-17(9-10-20-8-2)13(5)11-15(6,14(18)19)16-12(3)4/h12-13,16H,7-11H2,1-6H3,(H,18,19). The van der Waals surface area contributed by atoms with Crippen LogP contribution >= 0.6 is 0 Å². The van der Waals surface area contributed by atoms with Gasteiger partial charge in [-0.3, -0.25) is 15.0 Å². The first-order chi connectivity index (χ1) is 9.26. The predicted octanol–water partition coefficient (Wildman–Crippen LogP) is 1.96. The first-order valence-electron chi connectivity index (χ1n) is 7.59. The summed E-state index contributed by atoms with van der Waals surface area (Å²) in [5.74, 6) is -0.793. The average Bonchev–Trinajstić information content (AvgIpc) is 2.33. The molecular weight excluding hydrogens is 256 g/mol. The van der Waals surface area contributed by atoms with Gasteiger partial charge in [0.05, 0.1) is 6.61 Å². The van der Waals surface area contributed by atoms with E-state index in [0.29, 0.717) is 19.6 Å². The number of ether oxygens (including phenoxy) is 1. The van der Waals surface area contributed by atoms with Crippen LogP contribution in [-0.4, -0.2) is 59.9 Å². The van der Waals surface area contributed by atoms with E-state index in [1.165, 1.54) is 0 Å². The highest BCUT2D eigenvalue weighted by atomic mass is 16.5. The second-order valence-corrected chi connectivity index (χ2v) is 5.81. The number of carboxylic acids is 1. The largest absolute Gasteiger partial charge is 0.480 e. The van der Waals surface area contributed by atoms with E-state index in [1.807, 2.05) is 20.8 Å². The molecule has 0 aliphatic rings. The van der Waals surface area contributed by atoms with E-state index in [0.717, 1.165) is 13.1 Å². The van der Waals surface area contributed by atoms with Gasteiger partial charge in [-0.15, -0.1) is 0 Å². The number of hydrogen-bond acceptors (Lipinski definition) is 4. The maximum Gasteiger partial charge on any atom is 0.323 e. The second kappa shape index (κ2) is 9.32. The summed E-state index contributed by atoms with van der Waals surface area (Å²) in [6, 6.07) is 0.328. The fourth-order valence-electron chi connectivity index (χ4n) is 2.58. The van der Waals surface area contributed by atoms with E-state index in [-0.39, 0.29) is 12.1 Å². The van der Waals surface area contributed by atoms with E-state index in [9.17, 15) is 9.90 Å². The van der Waals surface area contributed by atoms with Crippen molar-refractivity contribution < 1.29 is 14.6 Å². The number of carbonyl (C=O) groups is 1. The summed E-state index contributed by atoms with van der Waals surface area (Å²) in [7, 11) is 0. The summed E-state index contributed by atoms with van der Waals surface area (Å²) < 4.78 is 5.38. The molecular formula is C15H32N2O3. The summed E-state index contributed by atoms with van der Waals surface area (Å²) in [6.45, 7) is 15.0. The zero-order valence-electron chi connectivity index (χ0n) is 13.9. The molecule has 120 valence electrons. The van der Waals surface area contributed by atoms with Gasteiger partial charge in [-0.1, -0.05) is 6.92 Å². The molecule has 0 heterocycles. The third-order valence-corrected chi connectivity index (χ3v) is 3.54. The highest BCUT2D eigenvalue weighted by Gasteiger charge is 2.36. The Morgan fingerprint density at radius 1 is 1.35 bits per heavy atom. The molecule has 0 aromatic rings. The van der Waals surface area contributed by atoms with Gasteiger partial charge in [-0.05, 0) is 47.6 Å². The zero-order chi connectivity index (χ0) is 15.8. The Hall–Kier alpha value is -0.650. The number of nitrogens with one attached hydrogen (secondary N) is 1. The summed E-state index contributed by atoms with van der Waals surface area (Å²) in [5.41, 5.74) is -0.896. The van der Waals surface area contributed by atoms with Crippen LogP contribution in [0.25, 0.3) is 0 Å². The Balaban J connectivity index is 4.63. The quantitative estimate of drug-likeness (QED) is 0.569. The molecule has 0 radical (unpaired) electrons. The van der Waals surface area contributed by atoms with Gasteiger partial charge >= 0.3 is 5.97 Å². The highest BCUT2D eigenvalue weighted by Crippen LogP contribution is 2.18. The van der Waals surface area contributed by atoms with Crippen molar-refractivity contribution in [2.24, 2.45) is 0 Å². The van der Waals surface area contributed by atoms with Gasteiger partial charge in [0, 0.05) is 25.2 Å². The van der Waals surface area contributed by atoms with Crippen molar-refractivity contribution in [1.82, 2.24) is 10.2 Å². The molecule has 2 N–H and O–H groups in total. The van der Waals surface area contributed by atoms with E-state index >= 15 is 0 Å². The van der Waals surface area contributed by atoms with Gasteiger partial charge in [0.25, 0.3) is 0 Å². The zero-order valence-corrected chi connectivity index (χ0v) is 13.9. The first kappa shape index (κ1) is 19.4. The summed E-state index contributed by atoms with van der Waals surface area (Å²) in [5, 5.41) is 12.7. The minimum absolute atomic E-state index is 0.141. The molecule has 0 bridgehead atoms. The van der Waals surface area contributed by atoms with Gasteiger partial charge in [-0.2, -0.15) is 0 Å². The van der Waals surface area contributed by atoms with Crippen molar-refractivity contribution in [2.75, 3.05) is 26.3 Å². The van der Waals surface area contributed by atoms with Crippen molar-refractivity contribution >= 4 is 5.97 Å². The molecule has 20 heavy (non-hydrogen) atoms. The van der Waals surface area contributed by atoms with Gasteiger partial charge < -0.3 is 9.84 Å². The van der Waals surface area contributed by atoms with Crippen LogP contribution < -0.4 is 5.32 Å². The molecule has 0 spiro atoms. The highest BCUT2D eigenvalue weighted by molar-refractivity contribution is 5.78. The lowest BCUT2D eigenvalue weighted by atomic mass is 9.92. The lowest BCUT2D eigenvalue weighted by molar-refractivity contribution is -0.145. The van der Waals surface area contributed by atoms with Crippen LogP contribution in [0.15, 0.2) is 0 Å². The summed E-state index contributed by atoms with van der Waals surface area (Å²) >= 11 is 0. The number of rotatable bonds is 11. The molecule has 0 rings (SSSR count). The maximum atomic E-state index is 11.6. The second-order valence-electron chi connectivity index (χ2n) is 5.81. The van der Waals surface area contributed by atoms with Crippen LogP contribution in [0.3, 0.4) is 0 Å². The van der Waals surface area contributed by atoms with Crippen LogP contribution in [0.1, 0.15) is 48.0 Å². The lowest BCUT2D eigenvalue weighted by Gasteiger charge is -2.36. The molecule has 0 aliphatic carbocycles. The normalized spacial score (nSPS) is 16.4. The molecule has 2 atom stereocenters. The minimum atomic E-state index is -0.896. The number of hydrogen-bond donors (Lipinski definition) is 2. The molecule has 0 aromatic heterocycles. The molecule has 2 unspecified atom stereocenters. The molecule has 5 nitrogen and oxygen atoms in total. The lowest BCUT2D eigenvalue weighted by Crippen LogP contribution is -2.55. The van der Waals surface area contributed by atoms with Crippen molar-refractivity contribution in [1.29, 1.82) is 0 Å². The molecule has 0 saturated heterocycles. The van der Waals surface area contributed by atoms with Crippen molar-refractivity contribution in [2.45, 2.75) is 65.6 Å². The molecule has 0 fully saturated rings. The Kier molecular flexibility index (Phi) is 9.01. The Morgan fingerprint density at radius 2 is 1.95 bits per heavy atom. The third kappa shape index (κ3) is 6.68. The van der Waals surface area contributed by atoms with Crippen molar-refractivity contribution in [3.63, 3.8) is 0 Å². The van der Waals surface area contributed by atoms with Gasteiger partial charge in [0.1, 0.15) is 5.54 Å². The van der Waals surface area contributed by atoms with E-state index in [2.05, 4.69) is 24.1 Å². The molecule has 5 heteroatoms. The van der Waals surface area contributed by atoms with Crippen LogP contribution in [0.4, 0.5) is 0 Å². The van der Waals surface area contributed by atoms with E-state index < -0.39 is 11.5 Å². The molecule has 0 saturated carbocycles. The van der Waals surface area contributed by atoms with Gasteiger partial charge in [-0.25, -0.2) is 0 Å². The smallest absolute Gasteiger partial charge is 0.323 e. The van der Waals surface area contributed by atoms with Crippen LogP contribution in [-0.2, 0) is 9.53 Å². The Morgan fingerprint density at radius 3 is 2.35 bits per heavy atom. The third-order valence-electron chi connectivity index (χ3n) is 3.54. The molecule has 0 aromatic carbocycles. The van der Waals surface area contributed by atoms with E-state index in [4.69, 9.17) is 4.74 Å². The fourth-order valence-corrected chi connectivity index (χ4v) is 2.58. The van der Waals surface area contributed by atoms with Gasteiger partial charge in [0.2, 0.25) is 0 Å². The average molecular weight is 288 g/mol. The Bertz CT molecular complexity index is 284. The van der Waals surface area contributed by atoms with Crippen molar-refractivity contribution in [3.8, 4) is 0 Å². The predicted molar refractivity (Wildman–Crippen MR) is 82.1 cm³/mol. The van der Waals surface area contributed by atoms with Crippen LogP contribution in [0.2, 0.25) is 0 Å². The van der Waals surface area contributed by atoms with Crippen molar-refractivity contribution in [3.05, 3.63) is 0 Å². The summed E-state index contributed by atoms with van der Waals surface area (Å²) in [4.78, 5) is 13.8. The van der Waals surface area contributed by atoms with Gasteiger partial charge in [0.15, 0.2) is 0 Å². The Labute approximate surface area is 123 Å². The maximum absolute atomic E-state index is 11.6. The van der Waals surface area contributed by atoms with Crippen LogP contribution in [0.5, 0.6) is 0 Å². The minimum Gasteiger partial charge on any atom is -0.480 e. The number of nitrogens with zero attached hydrogens (tertiary/aromatic N) is 1. The van der Waals surface area contributed by atoms with Crippen LogP contribution in [0, 0.1) is 0 Å². The number of likely N-dealkylation sites (N-methyl/N-ethyl adjacent to an activating group) is 1. The molecule has 0 aliphatic heterocycles. The monoisotopic (exact) mass is 288 g/mol. The fraction of sp³-hybridized carbons (Fsp3) is 0.933. The SMILES string of the molecule is CCOCCN(CC)C(C)CC(C)(NC(C)C)C(=O)O. The molecule has 0 amide bonds.